The summed E-state index contributed by atoms with van der Waals surface area (Å²) < 4.78 is 6.44. The molecule has 0 aromatic heterocycles. The molecule has 6 heteroatoms. The minimum atomic E-state index is -0.342. The monoisotopic (exact) mass is 397 g/mol. The van der Waals surface area contributed by atoms with Gasteiger partial charge in [0.25, 0.3) is 0 Å². The average molecular weight is 398 g/mol. The molecule has 156 valence electrons. The van der Waals surface area contributed by atoms with E-state index >= 15 is 0 Å². The van der Waals surface area contributed by atoms with E-state index in [0.29, 0.717) is 19.4 Å². The second-order valence-electron chi connectivity index (χ2n) is 9.65. The van der Waals surface area contributed by atoms with Gasteiger partial charge in [0.2, 0.25) is 0 Å². The highest BCUT2D eigenvalue weighted by atomic mass is 16.5. The Kier molecular flexibility index (Phi) is 5.24. The van der Waals surface area contributed by atoms with Gasteiger partial charge in [-0.05, 0) is 74.6 Å². The predicted octanol–water partition coefficient (Wildman–Crippen LogP) is 5.92. The minimum Gasteiger partial charge on any atom is -0.508 e. The third-order valence-electron chi connectivity index (χ3n) is 7.57. The number of hydrogen-bond acceptors (Lipinski definition) is 4. The Labute approximate surface area is 172 Å². The topological polar surface area (TPSA) is 95.3 Å². The number of ether oxygens (including phenoxy) is 1. The van der Waals surface area contributed by atoms with Crippen molar-refractivity contribution in [1.82, 2.24) is 0 Å². The fourth-order valence-corrected chi connectivity index (χ4v) is 5.85. The van der Waals surface area contributed by atoms with Crippen molar-refractivity contribution >= 4 is 5.78 Å². The quantitative estimate of drug-likeness (QED) is 0.279. The molecule has 0 spiro atoms. The van der Waals surface area contributed by atoms with Crippen molar-refractivity contribution in [3.05, 3.63) is 33.7 Å². The number of unbranched alkanes of at least 4 members (excludes halogenated alkanes) is 1. The molecule has 1 heterocycles. The normalized spacial score (nSPS) is 26.3. The van der Waals surface area contributed by atoms with Crippen LogP contribution < -0.4 is 4.74 Å². The van der Waals surface area contributed by atoms with Gasteiger partial charge < -0.3 is 9.84 Å². The molecule has 6 nitrogen and oxygen atoms in total. The van der Waals surface area contributed by atoms with E-state index in [1.54, 1.807) is 0 Å². The number of aromatic hydroxyl groups is 1. The molecule has 2 fully saturated rings. The Morgan fingerprint density at radius 3 is 2.79 bits per heavy atom. The van der Waals surface area contributed by atoms with Crippen molar-refractivity contribution in [2.24, 2.45) is 11.0 Å². The van der Waals surface area contributed by atoms with Gasteiger partial charge in [0.1, 0.15) is 22.9 Å². The number of Topliss-reactive ketones (excluding diaryl/α,β-unsaturated/α-hetero) is 1. The van der Waals surface area contributed by atoms with Crippen LogP contribution >= 0.6 is 0 Å². The van der Waals surface area contributed by atoms with E-state index in [0.717, 1.165) is 55.4 Å². The first-order valence-corrected chi connectivity index (χ1v) is 11.0. The smallest absolute Gasteiger partial charge is 0.133 e. The molecular formula is C23H31N3O3. The van der Waals surface area contributed by atoms with E-state index < -0.39 is 0 Å². The number of nitrogens with zero attached hydrogens (tertiary/aromatic N) is 3. The van der Waals surface area contributed by atoms with Crippen molar-refractivity contribution in [2.45, 2.75) is 88.6 Å². The highest BCUT2D eigenvalue weighted by Crippen LogP contribution is 2.56. The molecule has 1 aliphatic heterocycles. The van der Waals surface area contributed by atoms with Gasteiger partial charge in [0.15, 0.2) is 0 Å². The van der Waals surface area contributed by atoms with Crippen LogP contribution in [-0.4, -0.2) is 23.0 Å². The maximum absolute atomic E-state index is 12.2. The van der Waals surface area contributed by atoms with Crippen LogP contribution in [0, 0.1) is 5.92 Å². The first-order chi connectivity index (χ1) is 13.9. The SMILES string of the molecule is CC1(C)Oc2cc(C3(CCCCN=[N+]=[N-])CCC3)cc(O)c2[C@@H]2CC(=O)CC[C@H]21. The van der Waals surface area contributed by atoms with Crippen LogP contribution in [0.3, 0.4) is 0 Å². The van der Waals surface area contributed by atoms with Gasteiger partial charge in [-0.2, -0.15) is 0 Å². The lowest BCUT2D eigenvalue weighted by Crippen LogP contribution is -2.47. The molecule has 0 amide bonds. The Hall–Kier alpha value is -2.20. The van der Waals surface area contributed by atoms with Crippen molar-refractivity contribution in [2.75, 3.05) is 6.54 Å². The zero-order chi connectivity index (χ0) is 20.6. The predicted molar refractivity (Wildman–Crippen MR) is 111 cm³/mol. The van der Waals surface area contributed by atoms with E-state index in [9.17, 15) is 9.90 Å². The Morgan fingerprint density at radius 1 is 1.31 bits per heavy atom. The lowest BCUT2D eigenvalue weighted by atomic mass is 9.61. The van der Waals surface area contributed by atoms with Crippen LogP contribution in [0.15, 0.2) is 17.2 Å². The summed E-state index contributed by atoms with van der Waals surface area (Å²) in [7, 11) is 0. The molecule has 1 N–H and O–H groups in total. The summed E-state index contributed by atoms with van der Waals surface area (Å²) in [6.45, 7) is 4.76. The van der Waals surface area contributed by atoms with Crippen molar-refractivity contribution in [3.63, 3.8) is 0 Å². The summed E-state index contributed by atoms with van der Waals surface area (Å²) in [5.41, 5.74) is 10.2. The number of phenolic OH excluding ortho intramolecular Hbond substituents is 1. The Balaban J connectivity index is 1.64. The van der Waals surface area contributed by atoms with E-state index in [1.807, 2.05) is 6.07 Å². The number of hydrogen-bond donors (Lipinski definition) is 1. The third kappa shape index (κ3) is 3.59. The van der Waals surface area contributed by atoms with Gasteiger partial charge >= 0.3 is 0 Å². The number of rotatable bonds is 6. The fourth-order valence-electron chi connectivity index (χ4n) is 5.85. The average Bonchev–Trinajstić information content (AvgIpc) is 2.62. The number of azide groups is 1. The standard InChI is InChI=1S/C23H31N3O3/c1-22(2)18-7-6-16(27)14-17(18)21-19(28)12-15(13-20(21)29-22)23(9-5-10-23)8-3-4-11-25-26-24/h12-13,17-18,28H,3-11,14H2,1-2H3/t17-,18-/m1/s1. The molecule has 0 unspecified atom stereocenters. The number of carbonyl (C=O) groups excluding carboxylic acids is 1. The van der Waals surface area contributed by atoms with E-state index in [4.69, 9.17) is 10.3 Å². The Morgan fingerprint density at radius 2 is 2.10 bits per heavy atom. The molecule has 3 aliphatic rings. The van der Waals surface area contributed by atoms with Crippen LogP contribution in [0.25, 0.3) is 10.4 Å². The molecule has 0 bridgehead atoms. The summed E-state index contributed by atoms with van der Waals surface area (Å²) in [6, 6.07) is 4.07. The van der Waals surface area contributed by atoms with Crippen molar-refractivity contribution < 1.29 is 14.6 Å². The van der Waals surface area contributed by atoms with Crippen LogP contribution in [0.2, 0.25) is 0 Å². The number of phenols is 1. The molecule has 1 aromatic rings. The van der Waals surface area contributed by atoms with E-state index in [1.165, 1.54) is 6.42 Å². The summed E-state index contributed by atoms with van der Waals surface area (Å²) in [5, 5.41) is 14.6. The molecule has 2 saturated carbocycles. The van der Waals surface area contributed by atoms with Gasteiger partial charge in [-0.25, -0.2) is 0 Å². The summed E-state index contributed by atoms with van der Waals surface area (Å²) in [6.07, 6.45) is 8.27. The maximum Gasteiger partial charge on any atom is 0.133 e. The van der Waals surface area contributed by atoms with Crippen molar-refractivity contribution in [1.29, 1.82) is 0 Å². The molecule has 1 aromatic carbocycles. The number of fused-ring (bicyclic) bond motifs is 3. The number of ketones is 1. The first-order valence-electron chi connectivity index (χ1n) is 11.0. The zero-order valence-electron chi connectivity index (χ0n) is 17.5. The molecule has 4 rings (SSSR count). The highest BCUT2D eigenvalue weighted by Gasteiger charge is 2.48. The summed E-state index contributed by atoms with van der Waals surface area (Å²) in [4.78, 5) is 15.0. The van der Waals surface area contributed by atoms with Gasteiger partial charge in [-0.1, -0.05) is 18.0 Å². The molecule has 2 atom stereocenters. The molecule has 0 saturated heterocycles. The number of benzene rings is 1. The second kappa shape index (κ2) is 7.56. The van der Waals surface area contributed by atoms with Gasteiger partial charge in [0, 0.05) is 41.7 Å². The summed E-state index contributed by atoms with van der Waals surface area (Å²) in [5.74, 6) is 1.64. The van der Waals surface area contributed by atoms with Crippen LogP contribution in [0.1, 0.15) is 88.7 Å². The molecular weight excluding hydrogens is 366 g/mol. The summed E-state index contributed by atoms with van der Waals surface area (Å²) >= 11 is 0. The van der Waals surface area contributed by atoms with Gasteiger partial charge in [-0.15, -0.1) is 0 Å². The maximum atomic E-state index is 12.2. The fraction of sp³-hybridized carbons (Fsp3) is 0.696. The molecule has 0 radical (unpaired) electrons. The second-order valence-corrected chi connectivity index (χ2v) is 9.65. The Bertz CT molecular complexity index is 853. The minimum absolute atomic E-state index is 0.0465. The van der Waals surface area contributed by atoms with Crippen LogP contribution in [0.4, 0.5) is 0 Å². The van der Waals surface area contributed by atoms with Crippen LogP contribution in [-0.2, 0) is 10.2 Å². The zero-order valence-corrected chi connectivity index (χ0v) is 17.5. The lowest BCUT2D eigenvalue weighted by molar-refractivity contribution is -0.124. The van der Waals surface area contributed by atoms with E-state index in [2.05, 4.69) is 29.9 Å². The van der Waals surface area contributed by atoms with Gasteiger partial charge in [0.05, 0.1) is 0 Å². The number of carbonyl (C=O) groups is 1. The third-order valence-corrected chi connectivity index (χ3v) is 7.57. The van der Waals surface area contributed by atoms with Crippen LogP contribution in [0.5, 0.6) is 11.5 Å². The molecule has 2 aliphatic carbocycles. The molecule has 29 heavy (non-hydrogen) atoms. The van der Waals surface area contributed by atoms with Crippen molar-refractivity contribution in [3.8, 4) is 11.5 Å². The lowest BCUT2D eigenvalue weighted by Gasteiger charge is -2.48. The largest absolute Gasteiger partial charge is 0.508 e. The first kappa shape index (κ1) is 20.1. The highest BCUT2D eigenvalue weighted by molar-refractivity contribution is 5.81. The van der Waals surface area contributed by atoms with Gasteiger partial charge in [-0.3, -0.25) is 4.79 Å². The van der Waals surface area contributed by atoms with E-state index in [-0.39, 0.29) is 34.4 Å².